The van der Waals surface area contributed by atoms with Crippen molar-refractivity contribution in [3.63, 3.8) is 0 Å². The number of benzene rings is 1. The van der Waals surface area contributed by atoms with E-state index in [-0.39, 0.29) is 11.3 Å². The molecule has 0 aliphatic rings. The number of hydrogen-bond donors (Lipinski definition) is 3. The molecule has 0 atom stereocenters. The quantitative estimate of drug-likeness (QED) is 0.363. The van der Waals surface area contributed by atoms with E-state index in [9.17, 15) is 4.79 Å². The first-order valence-corrected chi connectivity index (χ1v) is 11.4. The van der Waals surface area contributed by atoms with Crippen LogP contribution in [0, 0.1) is 13.8 Å². The maximum Gasteiger partial charge on any atom is 0.255 e. The van der Waals surface area contributed by atoms with E-state index in [1.54, 1.807) is 24.0 Å². The summed E-state index contributed by atoms with van der Waals surface area (Å²) in [5, 5.41) is 14.0. The lowest BCUT2D eigenvalue weighted by Crippen LogP contribution is -2.16. The Labute approximate surface area is 205 Å². The van der Waals surface area contributed by atoms with Crippen LogP contribution in [0.4, 0.5) is 23.0 Å². The molecule has 4 aromatic rings. The molecule has 3 aromatic heterocycles. The van der Waals surface area contributed by atoms with E-state index in [0.29, 0.717) is 22.9 Å². The van der Waals surface area contributed by atoms with Crippen molar-refractivity contribution in [2.75, 3.05) is 23.0 Å². The molecule has 1 aromatic carbocycles. The first-order chi connectivity index (χ1) is 16.6. The number of hydrogen-bond acceptors (Lipinski definition) is 7. The van der Waals surface area contributed by atoms with Crippen LogP contribution < -0.4 is 16.0 Å². The van der Waals surface area contributed by atoms with Gasteiger partial charge in [0.2, 0.25) is 0 Å². The standard InChI is InChI=1S/C26H30N8O/c1-16-7-8-18(25(35)31-19-9-10-28-21(13-19)26(3,4)5)12-20(16)32-24-11-17(2)33-34(24)23-14-22(27-6)29-15-30-23/h7-15,32H,1-6H3,(H,27,29,30)(H,28,31,35). The summed E-state index contributed by atoms with van der Waals surface area (Å²) in [7, 11) is 1.80. The molecule has 0 bridgehead atoms. The van der Waals surface area contributed by atoms with Crippen molar-refractivity contribution >= 4 is 28.9 Å². The predicted octanol–water partition coefficient (Wildman–Crippen LogP) is 5.01. The maximum absolute atomic E-state index is 13.1. The van der Waals surface area contributed by atoms with Crippen molar-refractivity contribution in [3.8, 4) is 5.82 Å². The van der Waals surface area contributed by atoms with Crippen molar-refractivity contribution in [2.45, 2.75) is 40.0 Å². The molecule has 9 heteroatoms. The van der Waals surface area contributed by atoms with Gasteiger partial charge in [0.15, 0.2) is 5.82 Å². The molecule has 0 spiro atoms. The van der Waals surface area contributed by atoms with E-state index >= 15 is 0 Å². The van der Waals surface area contributed by atoms with Crippen LogP contribution in [-0.2, 0) is 5.41 Å². The van der Waals surface area contributed by atoms with E-state index in [0.717, 1.165) is 28.5 Å². The Hall–Kier alpha value is -4.27. The second-order valence-corrected chi connectivity index (χ2v) is 9.38. The fourth-order valence-corrected chi connectivity index (χ4v) is 3.52. The third-order valence-corrected chi connectivity index (χ3v) is 5.51. The number of carbonyl (C=O) groups is 1. The number of rotatable bonds is 6. The Morgan fingerprint density at radius 2 is 1.77 bits per heavy atom. The normalized spacial score (nSPS) is 11.3. The van der Waals surface area contributed by atoms with Gasteiger partial charge >= 0.3 is 0 Å². The van der Waals surface area contributed by atoms with Crippen molar-refractivity contribution in [3.05, 3.63) is 77.5 Å². The Kier molecular flexibility index (Phi) is 6.50. The molecule has 4 rings (SSSR count). The second kappa shape index (κ2) is 9.54. The number of aryl methyl sites for hydroxylation is 2. The van der Waals surface area contributed by atoms with Gasteiger partial charge in [-0.25, -0.2) is 9.97 Å². The van der Waals surface area contributed by atoms with Gasteiger partial charge in [0.25, 0.3) is 5.91 Å². The smallest absolute Gasteiger partial charge is 0.255 e. The average molecular weight is 471 g/mol. The van der Waals surface area contributed by atoms with Crippen LogP contribution in [0.2, 0.25) is 0 Å². The Morgan fingerprint density at radius 3 is 2.51 bits per heavy atom. The first-order valence-electron chi connectivity index (χ1n) is 11.4. The van der Waals surface area contributed by atoms with E-state index in [2.05, 4.69) is 56.8 Å². The van der Waals surface area contributed by atoms with Crippen LogP contribution in [0.15, 0.2) is 55.0 Å². The van der Waals surface area contributed by atoms with Gasteiger partial charge in [0.05, 0.1) is 5.69 Å². The van der Waals surface area contributed by atoms with Gasteiger partial charge in [0.1, 0.15) is 18.0 Å². The maximum atomic E-state index is 13.1. The number of nitrogens with zero attached hydrogens (tertiary/aromatic N) is 5. The van der Waals surface area contributed by atoms with Crippen molar-refractivity contribution in [1.29, 1.82) is 0 Å². The highest BCUT2D eigenvalue weighted by Crippen LogP contribution is 2.26. The molecule has 9 nitrogen and oxygen atoms in total. The lowest BCUT2D eigenvalue weighted by Gasteiger charge is -2.18. The van der Waals surface area contributed by atoms with E-state index in [4.69, 9.17) is 0 Å². The monoisotopic (exact) mass is 470 g/mol. The van der Waals surface area contributed by atoms with Crippen molar-refractivity contribution in [1.82, 2.24) is 24.7 Å². The van der Waals surface area contributed by atoms with Crippen LogP contribution in [0.3, 0.4) is 0 Å². The summed E-state index contributed by atoms with van der Waals surface area (Å²) in [4.78, 5) is 26.0. The molecule has 180 valence electrons. The number of amides is 1. The minimum Gasteiger partial charge on any atom is -0.373 e. The number of aromatic nitrogens is 5. The van der Waals surface area contributed by atoms with E-state index in [1.165, 1.54) is 6.33 Å². The van der Waals surface area contributed by atoms with Gasteiger partial charge in [-0.05, 0) is 43.7 Å². The highest BCUT2D eigenvalue weighted by atomic mass is 16.1. The summed E-state index contributed by atoms with van der Waals surface area (Å²) in [6.45, 7) is 10.2. The van der Waals surface area contributed by atoms with Crippen LogP contribution >= 0.6 is 0 Å². The number of nitrogens with one attached hydrogen (secondary N) is 3. The van der Waals surface area contributed by atoms with Gasteiger partial charge in [-0.15, -0.1) is 0 Å². The third kappa shape index (κ3) is 5.46. The molecule has 0 fully saturated rings. The lowest BCUT2D eigenvalue weighted by atomic mass is 9.91. The molecule has 35 heavy (non-hydrogen) atoms. The highest BCUT2D eigenvalue weighted by Gasteiger charge is 2.17. The number of pyridine rings is 1. The molecule has 1 amide bonds. The largest absolute Gasteiger partial charge is 0.373 e. The Balaban J connectivity index is 1.60. The molecule has 0 unspecified atom stereocenters. The fraction of sp³-hybridized carbons (Fsp3) is 0.269. The summed E-state index contributed by atoms with van der Waals surface area (Å²) >= 11 is 0. The van der Waals surface area contributed by atoms with Crippen LogP contribution in [-0.4, -0.2) is 37.7 Å². The zero-order valence-corrected chi connectivity index (χ0v) is 20.8. The minimum absolute atomic E-state index is 0.111. The van der Waals surface area contributed by atoms with Gasteiger partial charge < -0.3 is 16.0 Å². The summed E-state index contributed by atoms with van der Waals surface area (Å²) in [6, 6.07) is 13.0. The number of anilines is 4. The van der Waals surface area contributed by atoms with Crippen molar-refractivity contribution in [2.24, 2.45) is 0 Å². The molecule has 0 saturated heterocycles. The first kappa shape index (κ1) is 23.9. The molecule has 0 aliphatic heterocycles. The van der Waals surface area contributed by atoms with Gasteiger partial charge in [-0.2, -0.15) is 9.78 Å². The van der Waals surface area contributed by atoms with Crippen LogP contribution in [0.25, 0.3) is 5.82 Å². The highest BCUT2D eigenvalue weighted by molar-refractivity contribution is 6.05. The Bertz CT molecular complexity index is 1370. The van der Waals surface area contributed by atoms with Gasteiger partial charge in [0, 0.05) is 53.4 Å². The molecule has 0 radical (unpaired) electrons. The summed E-state index contributed by atoms with van der Waals surface area (Å²) in [5.74, 6) is 1.85. The summed E-state index contributed by atoms with van der Waals surface area (Å²) in [5.41, 5.74) is 4.67. The molecule has 0 aliphatic carbocycles. The van der Waals surface area contributed by atoms with Crippen LogP contribution in [0.1, 0.15) is 48.1 Å². The zero-order chi connectivity index (χ0) is 25.2. The molecular weight excluding hydrogens is 440 g/mol. The van der Waals surface area contributed by atoms with E-state index in [1.807, 2.05) is 50.2 Å². The lowest BCUT2D eigenvalue weighted by molar-refractivity contribution is 0.102. The van der Waals surface area contributed by atoms with Gasteiger partial charge in [-0.1, -0.05) is 26.8 Å². The van der Waals surface area contributed by atoms with E-state index < -0.39 is 0 Å². The molecule has 3 heterocycles. The molecule has 0 saturated carbocycles. The second-order valence-electron chi connectivity index (χ2n) is 9.38. The predicted molar refractivity (Wildman–Crippen MR) is 139 cm³/mol. The fourth-order valence-electron chi connectivity index (χ4n) is 3.52. The summed E-state index contributed by atoms with van der Waals surface area (Å²) in [6.07, 6.45) is 3.21. The summed E-state index contributed by atoms with van der Waals surface area (Å²) < 4.78 is 1.72. The van der Waals surface area contributed by atoms with Crippen molar-refractivity contribution < 1.29 is 4.79 Å². The zero-order valence-electron chi connectivity index (χ0n) is 20.8. The third-order valence-electron chi connectivity index (χ3n) is 5.51. The molecular formula is C26H30N8O. The van der Waals surface area contributed by atoms with Crippen LogP contribution in [0.5, 0.6) is 0 Å². The SMILES string of the molecule is CNc1cc(-n2nc(C)cc2Nc2cc(C(=O)Nc3ccnc(C(C)(C)C)c3)ccc2C)ncn1. The topological polar surface area (TPSA) is 110 Å². The number of carbonyl (C=O) groups excluding carboxylic acids is 1. The Morgan fingerprint density at radius 1 is 0.971 bits per heavy atom. The minimum atomic E-state index is -0.196. The van der Waals surface area contributed by atoms with Gasteiger partial charge in [-0.3, -0.25) is 9.78 Å². The average Bonchev–Trinajstić information content (AvgIpc) is 3.20. The molecule has 3 N–H and O–H groups in total.